The second kappa shape index (κ2) is 5.48. The fraction of sp³-hybridized carbons (Fsp3) is 1.00. The Bertz CT molecular complexity index is 259. The van der Waals surface area contributed by atoms with E-state index in [0.717, 1.165) is 44.6 Å². The molecule has 18 heavy (non-hydrogen) atoms. The predicted octanol–water partition coefficient (Wildman–Crippen LogP) is 2.35. The first kappa shape index (κ1) is 12.9. The first-order valence-corrected chi connectivity index (χ1v) is 7.75. The topological polar surface area (TPSA) is 30.5 Å². The van der Waals surface area contributed by atoms with Crippen LogP contribution in [-0.2, 0) is 9.47 Å². The van der Waals surface area contributed by atoms with Gasteiger partial charge in [0.05, 0.1) is 13.2 Å². The molecule has 2 heterocycles. The van der Waals surface area contributed by atoms with Gasteiger partial charge in [0.1, 0.15) is 5.60 Å². The van der Waals surface area contributed by atoms with E-state index in [1.54, 1.807) is 0 Å². The predicted molar refractivity (Wildman–Crippen MR) is 71.6 cm³/mol. The maximum atomic E-state index is 6.21. The van der Waals surface area contributed by atoms with Gasteiger partial charge in [-0.05, 0) is 37.5 Å². The van der Waals surface area contributed by atoms with Gasteiger partial charge in [-0.25, -0.2) is 0 Å². The van der Waals surface area contributed by atoms with E-state index in [2.05, 4.69) is 12.2 Å². The largest absolute Gasteiger partial charge is 0.378 e. The molecule has 0 aromatic heterocycles. The van der Waals surface area contributed by atoms with Crippen molar-refractivity contribution >= 4 is 0 Å². The highest BCUT2D eigenvalue weighted by Gasteiger charge is 2.47. The van der Waals surface area contributed by atoms with Crippen LogP contribution in [0, 0.1) is 11.8 Å². The standard InChI is InChI=1S/C15H27NO2/c1-12-3-5-13(6-4-12)14-15(18-10-8-16-14)7-2-9-17-11-15/h12-14,16H,2-11H2,1H3. The van der Waals surface area contributed by atoms with Gasteiger partial charge in [-0.1, -0.05) is 19.8 Å². The van der Waals surface area contributed by atoms with Crippen molar-refractivity contribution in [3.63, 3.8) is 0 Å². The van der Waals surface area contributed by atoms with Crippen LogP contribution in [0.5, 0.6) is 0 Å². The zero-order chi connectivity index (χ0) is 12.4. The summed E-state index contributed by atoms with van der Waals surface area (Å²) in [5, 5.41) is 3.76. The molecule has 1 saturated carbocycles. The summed E-state index contributed by atoms with van der Waals surface area (Å²) in [4.78, 5) is 0. The van der Waals surface area contributed by atoms with Crippen LogP contribution in [0.4, 0.5) is 0 Å². The SMILES string of the molecule is CC1CCC(C2NCCOC23CCCOC3)CC1. The Labute approximate surface area is 111 Å². The van der Waals surface area contributed by atoms with Crippen molar-refractivity contribution in [2.24, 2.45) is 11.8 Å². The highest BCUT2D eigenvalue weighted by molar-refractivity contribution is 5.01. The van der Waals surface area contributed by atoms with Gasteiger partial charge in [-0.2, -0.15) is 0 Å². The molecule has 3 heteroatoms. The van der Waals surface area contributed by atoms with Gasteiger partial charge in [0.2, 0.25) is 0 Å². The van der Waals surface area contributed by atoms with E-state index in [1.807, 2.05) is 0 Å². The van der Waals surface area contributed by atoms with Crippen LogP contribution in [0.1, 0.15) is 45.4 Å². The van der Waals surface area contributed by atoms with Gasteiger partial charge in [0.25, 0.3) is 0 Å². The highest BCUT2D eigenvalue weighted by Crippen LogP contribution is 2.39. The minimum atomic E-state index is -0.0122. The molecule has 0 bridgehead atoms. The van der Waals surface area contributed by atoms with E-state index in [4.69, 9.17) is 9.47 Å². The summed E-state index contributed by atoms with van der Waals surface area (Å²) in [6, 6.07) is 0.527. The summed E-state index contributed by atoms with van der Waals surface area (Å²) < 4.78 is 12.0. The number of morpholine rings is 1. The lowest BCUT2D eigenvalue weighted by Crippen LogP contribution is -2.64. The molecule has 0 aromatic rings. The Morgan fingerprint density at radius 1 is 1.11 bits per heavy atom. The van der Waals surface area contributed by atoms with Crippen LogP contribution < -0.4 is 5.32 Å². The highest BCUT2D eigenvalue weighted by atomic mass is 16.5. The molecule has 0 radical (unpaired) electrons. The van der Waals surface area contributed by atoms with Gasteiger partial charge >= 0.3 is 0 Å². The van der Waals surface area contributed by atoms with Crippen LogP contribution in [-0.4, -0.2) is 38.0 Å². The molecule has 3 rings (SSSR count). The Morgan fingerprint density at radius 2 is 1.94 bits per heavy atom. The lowest BCUT2D eigenvalue weighted by Gasteiger charge is -2.50. The number of ether oxygens (including phenoxy) is 2. The van der Waals surface area contributed by atoms with E-state index in [-0.39, 0.29) is 5.60 Å². The van der Waals surface area contributed by atoms with Crippen LogP contribution >= 0.6 is 0 Å². The third-order valence-corrected chi connectivity index (χ3v) is 5.19. The quantitative estimate of drug-likeness (QED) is 0.778. The summed E-state index contributed by atoms with van der Waals surface area (Å²) in [6.07, 6.45) is 7.84. The maximum Gasteiger partial charge on any atom is 0.107 e. The van der Waals surface area contributed by atoms with E-state index in [0.29, 0.717) is 6.04 Å². The Hall–Kier alpha value is -0.120. The summed E-state index contributed by atoms with van der Waals surface area (Å²) in [7, 11) is 0. The number of rotatable bonds is 1. The number of hydrogen-bond donors (Lipinski definition) is 1. The van der Waals surface area contributed by atoms with Gasteiger partial charge in [0.15, 0.2) is 0 Å². The molecule has 2 atom stereocenters. The van der Waals surface area contributed by atoms with Crippen molar-refractivity contribution in [3.8, 4) is 0 Å². The molecule has 2 aliphatic heterocycles. The maximum absolute atomic E-state index is 6.21. The molecule has 2 saturated heterocycles. The fourth-order valence-electron chi connectivity index (χ4n) is 4.11. The average molecular weight is 253 g/mol. The summed E-state index contributed by atoms with van der Waals surface area (Å²) in [5.41, 5.74) is -0.0122. The average Bonchev–Trinajstić information content (AvgIpc) is 2.42. The van der Waals surface area contributed by atoms with Crippen molar-refractivity contribution in [1.82, 2.24) is 5.32 Å². The Morgan fingerprint density at radius 3 is 2.67 bits per heavy atom. The third-order valence-electron chi connectivity index (χ3n) is 5.19. The first-order chi connectivity index (χ1) is 8.80. The lowest BCUT2D eigenvalue weighted by atomic mass is 9.72. The van der Waals surface area contributed by atoms with Gasteiger partial charge in [0, 0.05) is 19.2 Å². The summed E-state index contributed by atoms with van der Waals surface area (Å²) >= 11 is 0. The van der Waals surface area contributed by atoms with Crippen molar-refractivity contribution < 1.29 is 9.47 Å². The molecule has 3 fully saturated rings. The Balaban J connectivity index is 1.71. The second-order valence-electron chi connectivity index (χ2n) is 6.52. The number of hydrogen-bond acceptors (Lipinski definition) is 3. The minimum absolute atomic E-state index is 0.0122. The molecule has 2 unspecified atom stereocenters. The lowest BCUT2D eigenvalue weighted by molar-refractivity contribution is -0.175. The smallest absolute Gasteiger partial charge is 0.107 e. The molecule has 0 aromatic carbocycles. The molecular weight excluding hydrogens is 226 g/mol. The van der Waals surface area contributed by atoms with Crippen LogP contribution in [0.15, 0.2) is 0 Å². The third kappa shape index (κ3) is 2.45. The molecular formula is C15H27NO2. The van der Waals surface area contributed by atoms with Gasteiger partial charge in [-0.3, -0.25) is 0 Å². The van der Waals surface area contributed by atoms with E-state index < -0.39 is 0 Å². The molecule has 3 nitrogen and oxygen atoms in total. The van der Waals surface area contributed by atoms with Crippen molar-refractivity contribution in [2.45, 2.75) is 57.1 Å². The summed E-state index contributed by atoms with van der Waals surface area (Å²) in [5.74, 6) is 1.72. The van der Waals surface area contributed by atoms with Crippen molar-refractivity contribution in [1.29, 1.82) is 0 Å². The molecule has 3 aliphatic rings. The zero-order valence-corrected chi connectivity index (χ0v) is 11.6. The van der Waals surface area contributed by atoms with Crippen LogP contribution in [0.2, 0.25) is 0 Å². The first-order valence-electron chi connectivity index (χ1n) is 7.75. The molecule has 0 amide bonds. The molecule has 1 aliphatic carbocycles. The molecule has 1 spiro atoms. The zero-order valence-electron chi connectivity index (χ0n) is 11.6. The van der Waals surface area contributed by atoms with Gasteiger partial charge < -0.3 is 14.8 Å². The van der Waals surface area contributed by atoms with Crippen molar-refractivity contribution in [2.75, 3.05) is 26.4 Å². The fourth-order valence-corrected chi connectivity index (χ4v) is 4.11. The number of nitrogens with one attached hydrogen (secondary N) is 1. The molecule has 104 valence electrons. The van der Waals surface area contributed by atoms with Crippen molar-refractivity contribution in [3.05, 3.63) is 0 Å². The Kier molecular flexibility index (Phi) is 3.92. The monoisotopic (exact) mass is 253 g/mol. The second-order valence-corrected chi connectivity index (χ2v) is 6.52. The minimum Gasteiger partial charge on any atom is -0.378 e. The van der Waals surface area contributed by atoms with Gasteiger partial charge in [-0.15, -0.1) is 0 Å². The van der Waals surface area contributed by atoms with E-state index >= 15 is 0 Å². The van der Waals surface area contributed by atoms with Crippen LogP contribution in [0.3, 0.4) is 0 Å². The molecule has 1 N–H and O–H groups in total. The van der Waals surface area contributed by atoms with Crippen LogP contribution in [0.25, 0.3) is 0 Å². The van der Waals surface area contributed by atoms with E-state index in [1.165, 1.54) is 32.1 Å². The summed E-state index contributed by atoms with van der Waals surface area (Å²) in [6.45, 7) is 5.97. The normalized spacial score (nSPS) is 46.2. The van der Waals surface area contributed by atoms with E-state index in [9.17, 15) is 0 Å².